The van der Waals surface area contributed by atoms with Crippen LogP contribution in [0, 0.1) is 0 Å². The molecule has 2 aromatic heterocycles. The first-order chi connectivity index (χ1) is 10.6. The predicted molar refractivity (Wildman–Crippen MR) is 88.0 cm³/mol. The highest BCUT2D eigenvalue weighted by molar-refractivity contribution is 7.94. The Morgan fingerprint density at radius 3 is 2.82 bits per heavy atom. The summed E-state index contributed by atoms with van der Waals surface area (Å²) < 4.78 is 33.4. The fourth-order valence-electron chi connectivity index (χ4n) is 2.95. The smallest absolute Gasteiger partial charge is 0.271 e. The van der Waals surface area contributed by atoms with E-state index in [-0.39, 0.29) is 0 Å². The lowest BCUT2D eigenvalue weighted by molar-refractivity contribution is 0.506. The van der Waals surface area contributed by atoms with Crippen molar-refractivity contribution in [3.8, 4) is 0 Å². The number of sulfonamides is 1. The summed E-state index contributed by atoms with van der Waals surface area (Å²) in [5, 5.41) is 2.78. The Labute approximate surface area is 132 Å². The Kier molecular flexibility index (Phi) is 3.23. The molecule has 0 bridgehead atoms. The lowest BCUT2D eigenvalue weighted by Crippen LogP contribution is -2.11. The summed E-state index contributed by atoms with van der Waals surface area (Å²) in [7, 11) is -3.51. The van der Waals surface area contributed by atoms with Gasteiger partial charge in [-0.1, -0.05) is 6.07 Å². The third-order valence-corrected chi connectivity index (χ3v) is 6.75. The quantitative estimate of drug-likeness (QED) is 0.782. The van der Waals surface area contributed by atoms with Crippen LogP contribution in [0.1, 0.15) is 24.2 Å². The zero-order chi connectivity index (χ0) is 15.2. The molecule has 0 fully saturated rings. The Bertz CT molecular complexity index is 924. The van der Waals surface area contributed by atoms with Crippen LogP contribution in [0.25, 0.3) is 11.0 Å². The topological polar surface area (TPSA) is 59.3 Å². The monoisotopic (exact) mass is 333 g/mol. The van der Waals surface area contributed by atoms with Gasteiger partial charge in [-0.05, 0) is 48.9 Å². The summed E-state index contributed by atoms with van der Waals surface area (Å²) >= 11 is 1.21. The average molecular weight is 333 g/mol. The lowest BCUT2D eigenvalue weighted by Gasteiger charge is -2.09. The second-order valence-electron chi connectivity index (χ2n) is 5.46. The van der Waals surface area contributed by atoms with Crippen LogP contribution in [0.15, 0.2) is 44.3 Å². The molecular weight excluding hydrogens is 318 g/mol. The van der Waals surface area contributed by atoms with Crippen LogP contribution in [-0.2, 0) is 22.9 Å². The number of thiophene rings is 1. The van der Waals surface area contributed by atoms with Gasteiger partial charge in [0.15, 0.2) is 0 Å². The van der Waals surface area contributed by atoms with Crippen molar-refractivity contribution >= 4 is 38.0 Å². The second-order valence-corrected chi connectivity index (χ2v) is 8.32. The molecule has 1 N–H and O–H groups in total. The number of hydrogen-bond acceptors (Lipinski definition) is 4. The molecule has 4 nitrogen and oxygen atoms in total. The van der Waals surface area contributed by atoms with E-state index in [2.05, 4.69) is 4.72 Å². The number of rotatable bonds is 3. The Hall–Kier alpha value is -1.79. The first kappa shape index (κ1) is 13.8. The van der Waals surface area contributed by atoms with Gasteiger partial charge in [0.05, 0.1) is 0 Å². The zero-order valence-corrected chi connectivity index (χ0v) is 13.5. The van der Waals surface area contributed by atoms with E-state index in [0.717, 1.165) is 42.4 Å². The molecule has 3 aromatic rings. The molecular formula is C16H15NO3S2. The van der Waals surface area contributed by atoms with Crippen LogP contribution < -0.4 is 4.72 Å². The van der Waals surface area contributed by atoms with Crippen LogP contribution in [-0.4, -0.2) is 8.42 Å². The van der Waals surface area contributed by atoms with Gasteiger partial charge in [0.1, 0.15) is 15.6 Å². The molecule has 0 atom stereocenters. The average Bonchev–Trinajstić information content (AvgIpc) is 3.14. The largest absolute Gasteiger partial charge is 0.461 e. The van der Waals surface area contributed by atoms with E-state index in [1.807, 2.05) is 12.1 Å². The Morgan fingerprint density at radius 1 is 1.14 bits per heavy atom. The molecule has 22 heavy (non-hydrogen) atoms. The van der Waals surface area contributed by atoms with Gasteiger partial charge >= 0.3 is 0 Å². The van der Waals surface area contributed by atoms with Crippen LogP contribution >= 0.6 is 11.3 Å². The predicted octanol–water partition coefficient (Wildman–Crippen LogP) is 4.17. The van der Waals surface area contributed by atoms with Gasteiger partial charge in [0.25, 0.3) is 10.0 Å². The first-order valence-corrected chi connectivity index (χ1v) is 9.60. The number of aryl methyl sites for hydroxylation is 2. The summed E-state index contributed by atoms with van der Waals surface area (Å²) in [5.74, 6) is 1.06. The molecule has 1 aliphatic rings. The van der Waals surface area contributed by atoms with Crippen molar-refractivity contribution in [2.45, 2.75) is 29.9 Å². The van der Waals surface area contributed by atoms with Gasteiger partial charge in [-0.25, -0.2) is 8.42 Å². The molecule has 0 spiro atoms. The zero-order valence-electron chi connectivity index (χ0n) is 11.8. The lowest BCUT2D eigenvalue weighted by atomic mass is 9.96. The van der Waals surface area contributed by atoms with E-state index >= 15 is 0 Å². The third kappa shape index (κ3) is 2.32. The van der Waals surface area contributed by atoms with Crippen molar-refractivity contribution in [1.29, 1.82) is 0 Å². The second kappa shape index (κ2) is 5.14. The van der Waals surface area contributed by atoms with Crippen molar-refractivity contribution in [3.63, 3.8) is 0 Å². The first-order valence-electron chi connectivity index (χ1n) is 7.24. The number of fused-ring (bicyclic) bond motifs is 3. The molecule has 6 heteroatoms. The highest BCUT2D eigenvalue weighted by atomic mass is 32.2. The van der Waals surface area contributed by atoms with Gasteiger partial charge in [-0.2, -0.15) is 0 Å². The molecule has 2 heterocycles. The summed E-state index contributed by atoms with van der Waals surface area (Å²) in [6, 6.07) is 8.82. The van der Waals surface area contributed by atoms with Crippen molar-refractivity contribution in [2.24, 2.45) is 0 Å². The van der Waals surface area contributed by atoms with Crippen LogP contribution in [0.3, 0.4) is 0 Å². The van der Waals surface area contributed by atoms with Crippen LogP contribution in [0.4, 0.5) is 5.69 Å². The molecule has 0 saturated heterocycles. The SMILES string of the molecule is O=S(=O)(Nc1ccc2oc3c(c2c1)CCCC3)c1cccs1. The van der Waals surface area contributed by atoms with Crippen molar-refractivity contribution in [2.75, 3.05) is 4.72 Å². The summed E-state index contributed by atoms with van der Waals surface area (Å²) in [6.07, 6.45) is 4.29. The van der Waals surface area contributed by atoms with E-state index in [1.54, 1.807) is 23.6 Å². The molecule has 1 aliphatic carbocycles. The molecule has 1 aromatic carbocycles. The molecule has 0 saturated carbocycles. The van der Waals surface area contributed by atoms with Crippen molar-refractivity contribution in [1.82, 2.24) is 0 Å². The van der Waals surface area contributed by atoms with E-state index in [0.29, 0.717) is 9.90 Å². The number of hydrogen-bond donors (Lipinski definition) is 1. The molecule has 0 aliphatic heterocycles. The summed E-state index contributed by atoms with van der Waals surface area (Å²) in [6.45, 7) is 0. The summed E-state index contributed by atoms with van der Waals surface area (Å²) in [5.41, 5.74) is 2.65. The van der Waals surface area contributed by atoms with Crippen LogP contribution in [0.2, 0.25) is 0 Å². The van der Waals surface area contributed by atoms with Gasteiger partial charge in [-0.15, -0.1) is 11.3 Å². The van der Waals surface area contributed by atoms with Gasteiger partial charge in [0, 0.05) is 23.1 Å². The maximum atomic E-state index is 12.3. The maximum Gasteiger partial charge on any atom is 0.271 e. The third-order valence-electron chi connectivity index (χ3n) is 3.97. The normalized spacial score (nSPS) is 14.9. The summed E-state index contributed by atoms with van der Waals surface area (Å²) in [4.78, 5) is 0. The molecule has 114 valence electrons. The Balaban J connectivity index is 1.74. The minimum atomic E-state index is -3.51. The van der Waals surface area contributed by atoms with Gasteiger partial charge in [0.2, 0.25) is 0 Å². The van der Waals surface area contributed by atoms with Crippen molar-refractivity contribution in [3.05, 3.63) is 47.0 Å². The van der Waals surface area contributed by atoms with E-state index in [4.69, 9.17) is 4.42 Å². The number of benzene rings is 1. The fraction of sp³-hybridized carbons (Fsp3) is 0.250. The minimum absolute atomic E-state index is 0.321. The van der Waals surface area contributed by atoms with Crippen molar-refractivity contribution < 1.29 is 12.8 Å². The van der Waals surface area contributed by atoms with E-state index in [9.17, 15) is 8.42 Å². The fourth-order valence-corrected chi connectivity index (χ4v) is 4.99. The number of anilines is 1. The molecule has 0 radical (unpaired) electrons. The van der Waals surface area contributed by atoms with Gasteiger partial charge < -0.3 is 4.42 Å². The molecule has 4 rings (SSSR count). The van der Waals surface area contributed by atoms with E-state index < -0.39 is 10.0 Å². The number of nitrogens with one attached hydrogen (secondary N) is 1. The van der Waals surface area contributed by atoms with Crippen LogP contribution in [0.5, 0.6) is 0 Å². The Morgan fingerprint density at radius 2 is 2.00 bits per heavy atom. The van der Waals surface area contributed by atoms with E-state index in [1.165, 1.54) is 16.9 Å². The standard InChI is InChI=1S/C16H15NO3S2/c18-22(19,16-6-3-9-21-16)17-11-7-8-15-13(10-11)12-4-1-2-5-14(12)20-15/h3,6-10,17H,1-2,4-5H2. The number of furan rings is 1. The maximum absolute atomic E-state index is 12.3. The highest BCUT2D eigenvalue weighted by Gasteiger charge is 2.19. The minimum Gasteiger partial charge on any atom is -0.461 e. The van der Waals surface area contributed by atoms with Gasteiger partial charge in [-0.3, -0.25) is 4.72 Å². The molecule has 0 unspecified atom stereocenters. The highest BCUT2D eigenvalue weighted by Crippen LogP contribution is 2.34. The molecule has 0 amide bonds.